The summed E-state index contributed by atoms with van der Waals surface area (Å²) in [5, 5.41) is 0. The van der Waals surface area contributed by atoms with Crippen LogP contribution >= 0.6 is 0 Å². The third kappa shape index (κ3) is 8.57. The van der Waals surface area contributed by atoms with E-state index in [4.69, 9.17) is 4.74 Å². The first-order valence-electron chi connectivity index (χ1n) is 12.4. The van der Waals surface area contributed by atoms with Crippen molar-refractivity contribution in [3.05, 3.63) is 0 Å². The number of carbonyl (C=O) groups excluding carboxylic acids is 1. The highest BCUT2D eigenvalue weighted by atomic mass is 16.5. The minimum Gasteiger partial charge on any atom is -0.465 e. The van der Waals surface area contributed by atoms with Gasteiger partial charge in [-0.1, -0.05) is 78.1 Å². The van der Waals surface area contributed by atoms with Gasteiger partial charge in [-0.2, -0.15) is 0 Å². The molecule has 2 rings (SSSR count). The highest BCUT2D eigenvalue weighted by Crippen LogP contribution is 2.42. The monoisotopic (exact) mass is 378 g/mol. The van der Waals surface area contributed by atoms with Crippen LogP contribution in [0.1, 0.15) is 123 Å². The number of carbonyl (C=O) groups is 1. The van der Waals surface area contributed by atoms with E-state index in [0.717, 1.165) is 37.0 Å². The quantitative estimate of drug-likeness (QED) is 0.257. The molecule has 2 aliphatic carbocycles. The van der Waals surface area contributed by atoms with Crippen molar-refractivity contribution >= 4 is 5.97 Å². The molecule has 0 aliphatic heterocycles. The van der Waals surface area contributed by atoms with Gasteiger partial charge in [-0.25, -0.2) is 0 Å². The summed E-state index contributed by atoms with van der Waals surface area (Å²) >= 11 is 0. The lowest BCUT2D eigenvalue weighted by Crippen LogP contribution is -2.29. The van der Waals surface area contributed by atoms with Crippen LogP contribution in [-0.4, -0.2) is 12.6 Å². The standard InChI is InChI=1S/C25H46O2/c1-3-5-7-8-9-11-21-12-14-22(15-13-21)23-16-18-24(19-17-23)25(26)27-20-10-6-4-2/h21-24H,3-20H2,1-2H3. The summed E-state index contributed by atoms with van der Waals surface area (Å²) in [4.78, 5) is 12.2. The fraction of sp³-hybridized carbons (Fsp3) is 0.960. The van der Waals surface area contributed by atoms with E-state index >= 15 is 0 Å². The minimum absolute atomic E-state index is 0.0938. The Morgan fingerprint density at radius 2 is 1.26 bits per heavy atom. The summed E-state index contributed by atoms with van der Waals surface area (Å²) in [5.74, 6) is 3.14. The lowest BCUT2D eigenvalue weighted by molar-refractivity contribution is -0.150. The number of rotatable bonds is 12. The van der Waals surface area contributed by atoms with Crippen LogP contribution in [0.15, 0.2) is 0 Å². The SMILES string of the molecule is CCCCCCCC1CCC(C2CCC(C(=O)OCCCCC)CC2)CC1. The maximum absolute atomic E-state index is 12.2. The van der Waals surface area contributed by atoms with Crippen molar-refractivity contribution in [3.63, 3.8) is 0 Å². The number of ether oxygens (including phenoxy) is 1. The first kappa shape index (κ1) is 22.8. The van der Waals surface area contributed by atoms with Crippen molar-refractivity contribution in [1.29, 1.82) is 0 Å². The van der Waals surface area contributed by atoms with Crippen molar-refractivity contribution in [2.75, 3.05) is 6.61 Å². The summed E-state index contributed by atoms with van der Waals surface area (Å²) in [6, 6.07) is 0. The molecule has 0 radical (unpaired) electrons. The van der Waals surface area contributed by atoms with E-state index in [0.29, 0.717) is 6.61 Å². The number of unbranched alkanes of at least 4 members (excludes halogenated alkanes) is 6. The smallest absolute Gasteiger partial charge is 0.308 e. The Hall–Kier alpha value is -0.530. The molecule has 2 saturated carbocycles. The minimum atomic E-state index is 0.0938. The lowest BCUT2D eigenvalue weighted by Gasteiger charge is -2.37. The first-order valence-corrected chi connectivity index (χ1v) is 12.4. The van der Waals surface area contributed by atoms with Crippen LogP contribution in [0, 0.1) is 23.7 Å². The van der Waals surface area contributed by atoms with Gasteiger partial charge in [0.25, 0.3) is 0 Å². The Bertz CT molecular complexity index is 376. The largest absolute Gasteiger partial charge is 0.465 e. The molecule has 0 amide bonds. The Morgan fingerprint density at radius 1 is 0.704 bits per heavy atom. The molecule has 2 heteroatoms. The third-order valence-corrected chi connectivity index (χ3v) is 7.37. The molecule has 0 saturated heterocycles. The van der Waals surface area contributed by atoms with E-state index < -0.39 is 0 Å². The number of hydrogen-bond acceptors (Lipinski definition) is 2. The van der Waals surface area contributed by atoms with Gasteiger partial charge in [-0.3, -0.25) is 4.79 Å². The summed E-state index contributed by atoms with van der Waals surface area (Å²) in [5.41, 5.74) is 0. The first-order chi connectivity index (χ1) is 13.2. The highest BCUT2D eigenvalue weighted by molar-refractivity contribution is 5.72. The molecule has 0 aromatic heterocycles. The van der Waals surface area contributed by atoms with Crippen LogP contribution in [0.25, 0.3) is 0 Å². The second-order valence-corrected chi connectivity index (χ2v) is 9.47. The van der Waals surface area contributed by atoms with Crippen molar-refractivity contribution in [2.45, 2.75) is 123 Å². The molecule has 2 fully saturated rings. The molecule has 0 atom stereocenters. The zero-order chi connectivity index (χ0) is 19.3. The molecule has 0 spiro atoms. The normalized spacial score (nSPS) is 28.8. The fourth-order valence-corrected chi connectivity index (χ4v) is 5.45. The van der Waals surface area contributed by atoms with E-state index in [2.05, 4.69) is 13.8 Å². The Labute approximate surface area is 169 Å². The van der Waals surface area contributed by atoms with Crippen LogP contribution < -0.4 is 0 Å². The van der Waals surface area contributed by atoms with Gasteiger partial charge in [0.1, 0.15) is 0 Å². The Balaban J connectivity index is 1.56. The Morgan fingerprint density at radius 3 is 1.89 bits per heavy atom. The van der Waals surface area contributed by atoms with E-state index in [1.807, 2.05) is 0 Å². The Kier molecular flexibility index (Phi) is 11.5. The average Bonchev–Trinajstić information content (AvgIpc) is 2.71. The summed E-state index contributed by atoms with van der Waals surface area (Å²) < 4.78 is 5.50. The molecular weight excluding hydrogens is 332 g/mol. The van der Waals surface area contributed by atoms with Gasteiger partial charge < -0.3 is 4.74 Å². The van der Waals surface area contributed by atoms with Gasteiger partial charge in [-0.05, 0) is 62.7 Å². The number of hydrogen-bond donors (Lipinski definition) is 0. The molecule has 2 nitrogen and oxygen atoms in total. The van der Waals surface area contributed by atoms with Crippen molar-refractivity contribution in [3.8, 4) is 0 Å². The number of esters is 1. The molecule has 0 N–H and O–H groups in total. The lowest BCUT2D eigenvalue weighted by atomic mass is 9.68. The second kappa shape index (κ2) is 13.6. The highest BCUT2D eigenvalue weighted by Gasteiger charge is 2.33. The summed E-state index contributed by atoms with van der Waals surface area (Å²) in [6.45, 7) is 5.12. The van der Waals surface area contributed by atoms with Gasteiger partial charge >= 0.3 is 5.97 Å². The molecule has 0 unspecified atom stereocenters. The van der Waals surface area contributed by atoms with E-state index in [9.17, 15) is 4.79 Å². The molecule has 0 heterocycles. The topological polar surface area (TPSA) is 26.3 Å². The molecule has 27 heavy (non-hydrogen) atoms. The van der Waals surface area contributed by atoms with Crippen molar-refractivity contribution in [1.82, 2.24) is 0 Å². The zero-order valence-electron chi connectivity index (χ0n) is 18.4. The van der Waals surface area contributed by atoms with Gasteiger partial charge in [-0.15, -0.1) is 0 Å². The van der Waals surface area contributed by atoms with Crippen LogP contribution in [0.3, 0.4) is 0 Å². The summed E-state index contributed by atoms with van der Waals surface area (Å²) in [7, 11) is 0. The fourth-order valence-electron chi connectivity index (χ4n) is 5.45. The van der Waals surface area contributed by atoms with Gasteiger partial charge in [0.05, 0.1) is 12.5 Å². The van der Waals surface area contributed by atoms with Gasteiger partial charge in [0.15, 0.2) is 0 Å². The molecule has 158 valence electrons. The van der Waals surface area contributed by atoms with Gasteiger partial charge in [0, 0.05) is 0 Å². The molecule has 0 aromatic rings. The van der Waals surface area contributed by atoms with E-state index in [1.165, 1.54) is 89.9 Å². The van der Waals surface area contributed by atoms with Crippen molar-refractivity contribution < 1.29 is 9.53 Å². The molecule has 0 bridgehead atoms. The van der Waals surface area contributed by atoms with Crippen LogP contribution in [-0.2, 0) is 9.53 Å². The van der Waals surface area contributed by atoms with Gasteiger partial charge in [0.2, 0.25) is 0 Å². The van der Waals surface area contributed by atoms with E-state index in [-0.39, 0.29) is 11.9 Å². The predicted octanol–water partition coefficient (Wildman–Crippen LogP) is 7.69. The van der Waals surface area contributed by atoms with Crippen LogP contribution in [0.4, 0.5) is 0 Å². The third-order valence-electron chi connectivity index (χ3n) is 7.37. The maximum Gasteiger partial charge on any atom is 0.308 e. The maximum atomic E-state index is 12.2. The van der Waals surface area contributed by atoms with Crippen LogP contribution in [0.5, 0.6) is 0 Å². The second-order valence-electron chi connectivity index (χ2n) is 9.47. The van der Waals surface area contributed by atoms with Crippen molar-refractivity contribution in [2.24, 2.45) is 23.7 Å². The molecule has 0 aromatic carbocycles. The molecule has 2 aliphatic rings. The zero-order valence-corrected chi connectivity index (χ0v) is 18.4. The van der Waals surface area contributed by atoms with Crippen LogP contribution in [0.2, 0.25) is 0 Å². The van der Waals surface area contributed by atoms with E-state index in [1.54, 1.807) is 0 Å². The predicted molar refractivity (Wildman–Crippen MR) is 115 cm³/mol. The molecular formula is C25H46O2. The summed E-state index contributed by atoms with van der Waals surface area (Å²) in [6.07, 6.45) is 22.5. The average molecular weight is 379 g/mol.